The topological polar surface area (TPSA) is 41.6 Å². The number of hydrogen-bond acceptors (Lipinski definition) is 3. The lowest BCUT2D eigenvalue weighted by Crippen LogP contribution is -2.56. The molecule has 1 heterocycles. The lowest BCUT2D eigenvalue weighted by atomic mass is 9.81. The fourth-order valence-corrected chi connectivity index (χ4v) is 4.81. The molecule has 1 unspecified atom stereocenters. The van der Waals surface area contributed by atoms with Crippen LogP contribution in [0.4, 0.5) is 26.3 Å². The number of alkyl halides is 6. The number of nitrogens with one attached hydrogen (secondary N) is 1. The van der Waals surface area contributed by atoms with Crippen LogP contribution in [-0.2, 0) is 17.9 Å². The summed E-state index contributed by atoms with van der Waals surface area (Å²) < 4.78 is 86.4. The summed E-state index contributed by atoms with van der Waals surface area (Å²) in [6.45, 7) is 2.03. The Labute approximate surface area is 199 Å². The highest BCUT2D eigenvalue weighted by Crippen LogP contribution is 2.42. The zero-order valence-corrected chi connectivity index (χ0v) is 19.1. The lowest BCUT2D eigenvalue weighted by molar-refractivity contribution is -0.143. The third-order valence-corrected chi connectivity index (χ3v) is 6.65. The van der Waals surface area contributed by atoms with Gasteiger partial charge in [0.15, 0.2) is 0 Å². The van der Waals surface area contributed by atoms with Crippen LogP contribution in [0.5, 0.6) is 5.75 Å². The van der Waals surface area contributed by atoms with E-state index in [-0.39, 0.29) is 6.07 Å². The Bertz CT molecular complexity index is 1070. The smallest absolute Gasteiger partial charge is 0.417 e. The number of nitrogens with zero attached hydrogens (tertiary/aromatic N) is 1. The summed E-state index contributed by atoms with van der Waals surface area (Å²) in [7, 11) is 0.942. The van der Waals surface area contributed by atoms with E-state index in [1.807, 2.05) is 0 Å². The summed E-state index contributed by atoms with van der Waals surface area (Å²) in [6.07, 6.45) is -6.81. The van der Waals surface area contributed by atoms with Gasteiger partial charge in [-0.1, -0.05) is 30.3 Å². The number of carbonyl (C=O) groups excluding carboxylic acids is 1. The Morgan fingerprint density at radius 3 is 2.34 bits per heavy atom. The molecular formula is C25H26F6N2O2. The first kappa shape index (κ1) is 25.3. The molecule has 10 heteroatoms. The number of rotatable bonds is 6. The molecule has 0 aromatic heterocycles. The van der Waals surface area contributed by atoms with Gasteiger partial charge in [-0.15, -0.1) is 0 Å². The average molecular weight is 500 g/mol. The van der Waals surface area contributed by atoms with Crippen LogP contribution in [0, 0.1) is 5.92 Å². The van der Waals surface area contributed by atoms with Gasteiger partial charge in [-0.05, 0) is 55.8 Å². The Kier molecular flexibility index (Phi) is 6.78. The molecule has 2 aromatic carbocycles. The van der Waals surface area contributed by atoms with Crippen LogP contribution in [0.2, 0.25) is 0 Å². The van der Waals surface area contributed by atoms with Crippen molar-refractivity contribution in [3.63, 3.8) is 0 Å². The highest BCUT2D eigenvalue weighted by Gasteiger charge is 2.45. The van der Waals surface area contributed by atoms with E-state index in [1.54, 1.807) is 30.3 Å². The van der Waals surface area contributed by atoms with Crippen molar-refractivity contribution in [3.8, 4) is 5.75 Å². The monoisotopic (exact) mass is 500 g/mol. The highest BCUT2D eigenvalue weighted by molar-refractivity contribution is 5.99. The Morgan fingerprint density at radius 1 is 1.09 bits per heavy atom. The van der Waals surface area contributed by atoms with Gasteiger partial charge in [-0.3, -0.25) is 4.79 Å². The fourth-order valence-electron chi connectivity index (χ4n) is 4.81. The van der Waals surface area contributed by atoms with Crippen molar-refractivity contribution < 1.29 is 35.9 Å². The van der Waals surface area contributed by atoms with Gasteiger partial charge in [0.05, 0.1) is 29.3 Å². The van der Waals surface area contributed by atoms with Crippen LogP contribution in [-0.4, -0.2) is 37.6 Å². The molecule has 1 amide bonds. The SMILES string of the molecule is COc1cc(C(F)(F)F)cc(C(F)(F)F)c1C(=O)NC1(c2ccccc2)CCCN(CC2CC2)C1. The Hall–Kier alpha value is -2.75. The maximum Gasteiger partial charge on any atom is 0.417 e. The number of piperidine rings is 1. The lowest BCUT2D eigenvalue weighted by Gasteiger charge is -2.44. The van der Waals surface area contributed by atoms with Crippen molar-refractivity contribution in [2.45, 2.75) is 43.6 Å². The maximum absolute atomic E-state index is 13.9. The standard InChI is InChI=1S/C25H26F6N2O2/c1-35-20-13-18(24(26,27)28)12-19(25(29,30)31)21(20)22(34)32-23(17-6-3-2-4-7-17)10-5-11-33(15-23)14-16-8-9-16/h2-4,6-7,12-13,16H,5,8-11,14-15H2,1H3,(H,32,34). The fraction of sp³-hybridized carbons (Fsp3) is 0.480. The Morgan fingerprint density at radius 2 is 1.77 bits per heavy atom. The number of likely N-dealkylation sites (tertiary alicyclic amines) is 1. The van der Waals surface area contributed by atoms with Crippen LogP contribution in [0.25, 0.3) is 0 Å². The van der Waals surface area contributed by atoms with Crippen molar-refractivity contribution in [1.29, 1.82) is 0 Å². The zero-order valence-electron chi connectivity index (χ0n) is 19.1. The van der Waals surface area contributed by atoms with E-state index in [1.165, 1.54) is 0 Å². The minimum atomic E-state index is -5.20. The van der Waals surface area contributed by atoms with Crippen LogP contribution in [0.3, 0.4) is 0 Å². The number of hydrogen-bond donors (Lipinski definition) is 1. The molecule has 1 N–H and O–H groups in total. The third-order valence-electron chi connectivity index (χ3n) is 6.65. The summed E-state index contributed by atoms with van der Waals surface area (Å²) in [4.78, 5) is 15.6. The number of amides is 1. The van der Waals surface area contributed by atoms with E-state index in [9.17, 15) is 31.1 Å². The van der Waals surface area contributed by atoms with Crippen molar-refractivity contribution in [2.75, 3.05) is 26.7 Å². The summed E-state index contributed by atoms with van der Waals surface area (Å²) in [5.74, 6) is -1.33. The number of carbonyl (C=O) groups is 1. The summed E-state index contributed by atoms with van der Waals surface area (Å²) >= 11 is 0. The molecule has 1 saturated carbocycles. The molecule has 4 nitrogen and oxygen atoms in total. The molecule has 1 aliphatic carbocycles. The highest BCUT2D eigenvalue weighted by atomic mass is 19.4. The number of methoxy groups -OCH3 is 1. The normalized spacial score (nSPS) is 21.6. The van der Waals surface area contributed by atoms with Gasteiger partial charge < -0.3 is 15.0 Å². The molecule has 35 heavy (non-hydrogen) atoms. The van der Waals surface area contributed by atoms with Crippen molar-refractivity contribution in [1.82, 2.24) is 10.2 Å². The van der Waals surface area contributed by atoms with Crippen molar-refractivity contribution in [3.05, 3.63) is 64.7 Å². The van der Waals surface area contributed by atoms with E-state index in [0.717, 1.165) is 38.6 Å². The largest absolute Gasteiger partial charge is 0.496 e. The first-order chi connectivity index (χ1) is 16.4. The van der Waals surface area contributed by atoms with Gasteiger partial charge in [-0.2, -0.15) is 26.3 Å². The summed E-state index contributed by atoms with van der Waals surface area (Å²) in [6, 6.07) is 9.36. The second-order valence-electron chi connectivity index (χ2n) is 9.28. The van der Waals surface area contributed by atoms with Gasteiger partial charge >= 0.3 is 12.4 Å². The molecule has 1 saturated heterocycles. The molecule has 4 rings (SSSR count). The average Bonchev–Trinajstić information content (AvgIpc) is 3.61. The van der Waals surface area contributed by atoms with E-state index < -0.39 is 46.2 Å². The van der Waals surface area contributed by atoms with Gasteiger partial charge in [0, 0.05) is 13.1 Å². The van der Waals surface area contributed by atoms with Gasteiger partial charge in [-0.25, -0.2) is 0 Å². The van der Waals surface area contributed by atoms with Gasteiger partial charge in [0.25, 0.3) is 5.91 Å². The maximum atomic E-state index is 13.9. The van der Waals surface area contributed by atoms with E-state index in [0.29, 0.717) is 31.4 Å². The molecular weight excluding hydrogens is 474 g/mol. The molecule has 2 aromatic rings. The van der Waals surface area contributed by atoms with Crippen LogP contribution >= 0.6 is 0 Å². The van der Waals surface area contributed by atoms with Crippen molar-refractivity contribution in [2.24, 2.45) is 5.92 Å². The van der Waals surface area contributed by atoms with E-state index in [4.69, 9.17) is 4.74 Å². The molecule has 190 valence electrons. The molecule has 0 spiro atoms. The molecule has 1 aliphatic heterocycles. The summed E-state index contributed by atoms with van der Waals surface area (Å²) in [5.41, 5.74) is -4.45. The van der Waals surface area contributed by atoms with Crippen LogP contribution in [0.15, 0.2) is 42.5 Å². The number of benzene rings is 2. The third kappa shape index (κ3) is 5.58. The van der Waals surface area contributed by atoms with Gasteiger partial charge in [0.1, 0.15) is 5.75 Å². The molecule has 1 atom stereocenters. The predicted octanol–water partition coefficient (Wildman–Crippen LogP) is 5.86. The second kappa shape index (κ2) is 9.37. The van der Waals surface area contributed by atoms with Crippen LogP contribution in [0.1, 0.15) is 52.7 Å². The number of halogens is 6. The Balaban J connectivity index is 1.76. The number of ether oxygens (including phenoxy) is 1. The molecule has 2 aliphatic rings. The minimum absolute atomic E-state index is 0.0348. The quantitative estimate of drug-likeness (QED) is 0.505. The van der Waals surface area contributed by atoms with E-state index in [2.05, 4.69) is 10.2 Å². The minimum Gasteiger partial charge on any atom is -0.496 e. The van der Waals surface area contributed by atoms with Crippen LogP contribution < -0.4 is 10.1 Å². The first-order valence-corrected chi connectivity index (χ1v) is 11.4. The van der Waals surface area contributed by atoms with E-state index >= 15 is 0 Å². The molecule has 0 radical (unpaired) electrons. The molecule has 0 bridgehead atoms. The van der Waals surface area contributed by atoms with Gasteiger partial charge in [0.2, 0.25) is 0 Å². The zero-order chi connectivity index (χ0) is 25.4. The molecule has 2 fully saturated rings. The second-order valence-corrected chi connectivity index (χ2v) is 9.28. The van der Waals surface area contributed by atoms with Crippen molar-refractivity contribution >= 4 is 5.91 Å². The first-order valence-electron chi connectivity index (χ1n) is 11.4. The summed E-state index contributed by atoms with van der Waals surface area (Å²) in [5, 5.41) is 2.79. The predicted molar refractivity (Wildman–Crippen MR) is 117 cm³/mol.